The van der Waals surface area contributed by atoms with Crippen molar-refractivity contribution in [2.45, 2.75) is 20.8 Å². The number of thiazole rings is 1. The molecule has 2 aromatic heterocycles. The zero-order chi connectivity index (χ0) is 14.9. The minimum absolute atomic E-state index is 0.243. The van der Waals surface area contributed by atoms with Gasteiger partial charge < -0.3 is 5.21 Å². The molecule has 0 bridgehead atoms. The van der Waals surface area contributed by atoms with Crippen LogP contribution in [0, 0.1) is 13.8 Å². The maximum Gasteiger partial charge on any atom is 0.261 e. The Morgan fingerprint density at radius 3 is 2.75 bits per heavy atom. The lowest BCUT2D eigenvalue weighted by atomic mass is 10.2. The van der Waals surface area contributed by atoms with Gasteiger partial charge in [0, 0.05) is 18.1 Å². The van der Waals surface area contributed by atoms with Crippen molar-refractivity contribution in [3.63, 3.8) is 0 Å². The summed E-state index contributed by atoms with van der Waals surface area (Å²) >= 11 is 1.27. The first-order chi connectivity index (χ1) is 9.43. The highest BCUT2D eigenvalue weighted by atomic mass is 32.1. The highest BCUT2D eigenvalue weighted by molar-refractivity contribution is 7.14. The van der Waals surface area contributed by atoms with E-state index < -0.39 is 0 Å². The summed E-state index contributed by atoms with van der Waals surface area (Å²) in [5.41, 5.74) is 2.96. The summed E-state index contributed by atoms with van der Waals surface area (Å²) in [7, 11) is 1.79. The number of hydrogen-bond donors (Lipinski definition) is 2. The van der Waals surface area contributed by atoms with Gasteiger partial charge in [-0.1, -0.05) is 5.16 Å². The Bertz CT molecular complexity index is 686. The van der Waals surface area contributed by atoms with Gasteiger partial charge in [0.1, 0.15) is 11.4 Å². The number of anilines is 1. The van der Waals surface area contributed by atoms with Crippen molar-refractivity contribution >= 4 is 28.1 Å². The van der Waals surface area contributed by atoms with Crippen LogP contribution in [0.2, 0.25) is 0 Å². The number of nitrogens with one attached hydrogen (secondary N) is 1. The molecule has 106 valence electrons. The Labute approximate surface area is 120 Å². The number of carbonyl (C=O) groups is 1. The highest BCUT2D eigenvalue weighted by Gasteiger charge is 2.18. The molecule has 0 spiro atoms. The minimum atomic E-state index is -0.243. The van der Waals surface area contributed by atoms with E-state index in [4.69, 9.17) is 5.21 Å². The van der Waals surface area contributed by atoms with Crippen LogP contribution >= 0.6 is 11.3 Å². The van der Waals surface area contributed by atoms with Crippen LogP contribution in [0.25, 0.3) is 0 Å². The van der Waals surface area contributed by atoms with Crippen LogP contribution < -0.4 is 5.32 Å². The molecule has 0 aliphatic rings. The Hall–Kier alpha value is -2.22. The van der Waals surface area contributed by atoms with Crippen LogP contribution in [0.4, 0.5) is 5.13 Å². The first-order valence-corrected chi connectivity index (χ1v) is 6.78. The number of carbonyl (C=O) groups excluding carboxylic acids is 1. The van der Waals surface area contributed by atoms with E-state index in [0.717, 1.165) is 5.69 Å². The van der Waals surface area contributed by atoms with E-state index in [1.807, 2.05) is 6.92 Å². The van der Waals surface area contributed by atoms with Crippen molar-refractivity contribution in [3.8, 4) is 0 Å². The normalized spacial score (nSPS) is 11.7. The van der Waals surface area contributed by atoms with E-state index in [1.54, 1.807) is 31.0 Å². The molecule has 0 aliphatic heterocycles. The molecule has 0 aromatic carbocycles. The van der Waals surface area contributed by atoms with Gasteiger partial charge in [-0.3, -0.25) is 14.8 Å². The molecule has 0 saturated carbocycles. The van der Waals surface area contributed by atoms with Gasteiger partial charge in [0.2, 0.25) is 0 Å². The highest BCUT2D eigenvalue weighted by Crippen LogP contribution is 2.19. The Balaban J connectivity index is 2.22. The van der Waals surface area contributed by atoms with Crippen molar-refractivity contribution in [3.05, 3.63) is 28.0 Å². The van der Waals surface area contributed by atoms with E-state index in [-0.39, 0.29) is 5.91 Å². The van der Waals surface area contributed by atoms with E-state index in [0.29, 0.717) is 27.8 Å². The lowest BCUT2D eigenvalue weighted by molar-refractivity contribution is 0.102. The lowest BCUT2D eigenvalue weighted by Crippen LogP contribution is -2.14. The largest absolute Gasteiger partial charge is 0.411 e. The van der Waals surface area contributed by atoms with Gasteiger partial charge in [0.05, 0.1) is 11.3 Å². The second-order valence-corrected chi connectivity index (χ2v) is 5.20. The number of amides is 1. The summed E-state index contributed by atoms with van der Waals surface area (Å²) < 4.78 is 1.67. The third-order valence-corrected chi connectivity index (χ3v) is 3.74. The van der Waals surface area contributed by atoms with Crippen LogP contribution in [0.15, 0.2) is 10.5 Å². The first-order valence-electron chi connectivity index (χ1n) is 5.90. The molecule has 0 atom stereocenters. The summed E-state index contributed by atoms with van der Waals surface area (Å²) in [6.45, 7) is 5.26. The summed E-state index contributed by atoms with van der Waals surface area (Å²) in [6, 6.07) is 0. The molecule has 8 heteroatoms. The van der Waals surface area contributed by atoms with Gasteiger partial charge >= 0.3 is 0 Å². The Kier molecular flexibility index (Phi) is 3.84. The second kappa shape index (κ2) is 5.41. The van der Waals surface area contributed by atoms with Gasteiger partial charge in [-0.2, -0.15) is 5.10 Å². The van der Waals surface area contributed by atoms with Gasteiger partial charge in [-0.25, -0.2) is 4.98 Å². The fourth-order valence-corrected chi connectivity index (χ4v) is 2.56. The summed E-state index contributed by atoms with van der Waals surface area (Å²) in [4.78, 5) is 16.4. The molecule has 0 aliphatic carbocycles. The van der Waals surface area contributed by atoms with Gasteiger partial charge in [-0.15, -0.1) is 11.3 Å². The molecule has 20 heavy (non-hydrogen) atoms. The number of hydrogen-bond acceptors (Lipinski definition) is 6. The first kappa shape index (κ1) is 14.2. The molecule has 2 rings (SSSR count). The molecule has 0 unspecified atom stereocenters. The number of oxime groups is 1. The molecule has 2 N–H and O–H groups in total. The quantitative estimate of drug-likeness (QED) is 0.514. The minimum Gasteiger partial charge on any atom is -0.411 e. The average Bonchev–Trinajstić information content (AvgIpc) is 2.94. The van der Waals surface area contributed by atoms with Crippen molar-refractivity contribution in [2.75, 3.05) is 5.32 Å². The van der Waals surface area contributed by atoms with Crippen LogP contribution in [0.1, 0.15) is 34.4 Å². The van der Waals surface area contributed by atoms with Crippen LogP contribution in [0.5, 0.6) is 0 Å². The van der Waals surface area contributed by atoms with Crippen LogP contribution in [-0.4, -0.2) is 31.6 Å². The average molecular weight is 293 g/mol. The molecule has 2 aromatic rings. The number of aryl methyl sites for hydroxylation is 2. The lowest BCUT2D eigenvalue weighted by Gasteiger charge is -2.02. The van der Waals surface area contributed by atoms with Crippen LogP contribution in [0.3, 0.4) is 0 Å². The summed E-state index contributed by atoms with van der Waals surface area (Å²) in [6.07, 6.45) is 0. The standard InChI is InChI=1S/C12H15N5O2S/c1-6(16-19)9-5-20-12(13-9)14-11(18)10-7(2)15-17(4)8(10)3/h5,19H,1-4H3,(H,13,14,18). The SMILES string of the molecule is CC(=NO)c1csc(NC(=O)c2c(C)nn(C)c2C)n1. The zero-order valence-electron chi connectivity index (χ0n) is 11.6. The van der Waals surface area contributed by atoms with Crippen molar-refractivity contribution in [2.24, 2.45) is 12.2 Å². The van der Waals surface area contributed by atoms with Crippen molar-refractivity contribution in [1.29, 1.82) is 0 Å². The van der Waals surface area contributed by atoms with E-state index >= 15 is 0 Å². The Morgan fingerprint density at radius 1 is 1.50 bits per heavy atom. The fraction of sp³-hybridized carbons (Fsp3) is 0.333. The number of aromatic nitrogens is 3. The topological polar surface area (TPSA) is 92.4 Å². The third kappa shape index (κ3) is 2.55. The molecule has 0 saturated heterocycles. The third-order valence-electron chi connectivity index (χ3n) is 2.98. The maximum absolute atomic E-state index is 12.2. The molecule has 1 amide bonds. The van der Waals surface area contributed by atoms with Crippen molar-refractivity contribution in [1.82, 2.24) is 14.8 Å². The predicted octanol–water partition coefficient (Wildman–Crippen LogP) is 1.94. The molecular weight excluding hydrogens is 278 g/mol. The van der Waals surface area contributed by atoms with E-state index in [2.05, 4.69) is 20.6 Å². The Morgan fingerprint density at radius 2 is 2.20 bits per heavy atom. The van der Waals surface area contributed by atoms with Gasteiger partial charge in [-0.05, 0) is 20.8 Å². The van der Waals surface area contributed by atoms with Crippen LogP contribution in [-0.2, 0) is 7.05 Å². The molecule has 0 radical (unpaired) electrons. The molecule has 0 fully saturated rings. The molecule has 7 nitrogen and oxygen atoms in total. The van der Waals surface area contributed by atoms with E-state index in [1.165, 1.54) is 11.3 Å². The second-order valence-electron chi connectivity index (χ2n) is 4.35. The van der Waals surface area contributed by atoms with E-state index in [9.17, 15) is 4.79 Å². The molecular formula is C12H15N5O2S. The fourth-order valence-electron chi connectivity index (χ4n) is 1.81. The van der Waals surface area contributed by atoms with Gasteiger partial charge in [0.25, 0.3) is 5.91 Å². The maximum atomic E-state index is 12.2. The number of nitrogens with zero attached hydrogens (tertiary/aromatic N) is 4. The number of rotatable bonds is 3. The monoisotopic (exact) mass is 293 g/mol. The van der Waals surface area contributed by atoms with Crippen molar-refractivity contribution < 1.29 is 10.0 Å². The predicted molar refractivity (Wildman–Crippen MR) is 76.7 cm³/mol. The zero-order valence-corrected chi connectivity index (χ0v) is 12.4. The summed E-state index contributed by atoms with van der Waals surface area (Å²) in [5, 5.41) is 20.9. The smallest absolute Gasteiger partial charge is 0.261 e. The van der Waals surface area contributed by atoms with Gasteiger partial charge in [0.15, 0.2) is 5.13 Å². The summed E-state index contributed by atoms with van der Waals surface area (Å²) in [5.74, 6) is -0.243. The molecule has 2 heterocycles.